The molecule has 1 fully saturated rings. The summed E-state index contributed by atoms with van der Waals surface area (Å²) in [7, 11) is 0. The van der Waals surface area contributed by atoms with Crippen molar-refractivity contribution in [2.45, 2.75) is 44.8 Å². The number of hydrogen-bond acceptors (Lipinski definition) is 3. The maximum Gasteiger partial charge on any atom is 0.0900 e. The SMILES string of the molecule is CCC(OCC(O)CN1CCCCC1)c1ccccc1.[Cl-]. The van der Waals surface area contributed by atoms with E-state index >= 15 is 0 Å². The first-order valence-corrected chi connectivity index (χ1v) is 7.86. The molecule has 2 atom stereocenters. The number of likely N-dealkylation sites (tertiary alicyclic amines) is 1. The first-order valence-electron chi connectivity index (χ1n) is 7.86. The van der Waals surface area contributed by atoms with Gasteiger partial charge < -0.3 is 27.2 Å². The number of piperidine rings is 1. The van der Waals surface area contributed by atoms with Crippen molar-refractivity contribution in [1.29, 1.82) is 0 Å². The third-order valence-corrected chi connectivity index (χ3v) is 3.95. The third-order valence-electron chi connectivity index (χ3n) is 3.95. The second-order valence-electron chi connectivity index (χ2n) is 5.66. The fourth-order valence-corrected chi connectivity index (χ4v) is 2.84. The summed E-state index contributed by atoms with van der Waals surface area (Å²) in [4.78, 5) is 2.35. The molecule has 120 valence electrons. The molecule has 1 aliphatic heterocycles. The second-order valence-corrected chi connectivity index (χ2v) is 5.66. The van der Waals surface area contributed by atoms with Crippen LogP contribution in [0, 0.1) is 0 Å². The molecule has 1 heterocycles. The number of nitrogens with zero attached hydrogens (tertiary/aromatic N) is 1. The highest BCUT2D eigenvalue weighted by molar-refractivity contribution is 5.17. The molecule has 0 saturated carbocycles. The van der Waals surface area contributed by atoms with Crippen LogP contribution in [0.5, 0.6) is 0 Å². The number of β-amino-alcohol motifs (C(OH)–C–C–N with tert-alkyl or cyclic N) is 1. The predicted octanol–water partition coefficient (Wildman–Crippen LogP) is 0.00510. The molecular weight excluding hydrogens is 286 g/mol. The summed E-state index contributed by atoms with van der Waals surface area (Å²) in [6.07, 6.45) is 4.48. The minimum absolute atomic E-state index is 0. The Labute approximate surface area is 134 Å². The van der Waals surface area contributed by atoms with E-state index in [4.69, 9.17) is 4.74 Å². The normalized spacial score (nSPS) is 18.8. The van der Waals surface area contributed by atoms with Gasteiger partial charge in [-0.3, -0.25) is 0 Å². The van der Waals surface area contributed by atoms with Gasteiger partial charge >= 0.3 is 0 Å². The average molecular weight is 313 g/mol. The molecule has 21 heavy (non-hydrogen) atoms. The van der Waals surface area contributed by atoms with Gasteiger partial charge in [0.25, 0.3) is 0 Å². The van der Waals surface area contributed by atoms with Crippen LogP contribution < -0.4 is 12.4 Å². The lowest BCUT2D eigenvalue weighted by molar-refractivity contribution is -0.0252. The summed E-state index contributed by atoms with van der Waals surface area (Å²) in [5.41, 5.74) is 1.19. The lowest BCUT2D eigenvalue weighted by atomic mass is 10.1. The van der Waals surface area contributed by atoms with E-state index in [0.717, 1.165) is 26.1 Å². The van der Waals surface area contributed by atoms with Gasteiger partial charge in [-0.05, 0) is 37.9 Å². The van der Waals surface area contributed by atoms with E-state index < -0.39 is 0 Å². The molecule has 2 rings (SSSR count). The maximum atomic E-state index is 10.1. The lowest BCUT2D eigenvalue weighted by Crippen LogP contribution is -3.00. The number of aliphatic hydroxyl groups is 1. The van der Waals surface area contributed by atoms with Gasteiger partial charge in [0, 0.05) is 6.54 Å². The smallest absolute Gasteiger partial charge is 0.0900 e. The summed E-state index contributed by atoms with van der Waals surface area (Å²) in [6, 6.07) is 10.3. The summed E-state index contributed by atoms with van der Waals surface area (Å²) in [5, 5.41) is 10.1. The Balaban J connectivity index is 0.00000220. The van der Waals surface area contributed by atoms with Crippen LogP contribution in [-0.4, -0.2) is 42.4 Å². The van der Waals surface area contributed by atoms with Crippen LogP contribution >= 0.6 is 0 Å². The molecule has 0 amide bonds. The topological polar surface area (TPSA) is 32.7 Å². The highest BCUT2D eigenvalue weighted by Gasteiger charge is 2.16. The van der Waals surface area contributed by atoms with Gasteiger partial charge in [0.2, 0.25) is 0 Å². The number of ether oxygens (including phenoxy) is 1. The van der Waals surface area contributed by atoms with E-state index in [2.05, 4.69) is 24.0 Å². The lowest BCUT2D eigenvalue weighted by Gasteiger charge is -2.29. The van der Waals surface area contributed by atoms with E-state index in [9.17, 15) is 5.11 Å². The number of halogens is 1. The van der Waals surface area contributed by atoms with Crippen molar-refractivity contribution in [3.8, 4) is 0 Å². The van der Waals surface area contributed by atoms with Crippen molar-refractivity contribution in [3.63, 3.8) is 0 Å². The standard InChI is InChI=1S/C17H27NO2.ClH/c1-2-17(15-9-5-3-6-10-15)20-14-16(19)13-18-11-7-4-8-12-18;/h3,5-6,9-10,16-17,19H,2,4,7-8,11-14H2,1H3;1H/p-1. The fraction of sp³-hybridized carbons (Fsp3) is 0.647. The summed E-state index contributed by atoms with van der Waals surface area (Å²) in [6.45, 7) is 5.52. The zero-order valence-corrected chi connectivity index (χ0v) is 13.6. The first-order chi connectivity index (χ1) is 9.79. The van der Waals surface area contributed by atoms with Crippen LogP contribution in [-0.2, 0) is 4.74 Å². The maximum absolute atomic E-state index is 10.1. The van der Waals surface area contributed by atoms with Gasteiger partial charge in [-0.1, -0.05) is 43.7 Å². The molecule has 1 saturated heterocycles. The van der Waals surface area contributed by atoms with Crippen molar-refractivity contribution in [1.82, 2.24) is 4.90 Å². The Kier molecular flexibility index (Phi) is 8.93. The van der Waals surface area contributed by atoms with Crippen molar-refractivity contribution in [2.24, 2.45) is 0 Å². The van der Waals surface area contributed by atoms with E-state index in [-0.39, 0.29) is 24.6 Å². The molecule has 1 N–H and O–H groups in total. The zero-order valence-electron chi connectivity index (χ0n) is 12.9. The van der Waals surface area contributed by atoms with Gasteiger partial charge in [-0.25, -0.2) is 0 Å². The van der Waals surface area contributed by atoms with Gasteiger partial charge in [-0.15, -0.1) is 0 Å². The van der Waals surface area contributed by atoms with Crippen LogP contribution in [0.1, 0.15) is 44.3 Å². The van der Waals surface area contributed by atoms with Crippen molar-refractivity contribution in [2.75, 3.05) is 26.2 Å². The van der Waals surface area contributed by atoms with Gasteiger partial charge in [0.15, 0.2) is 0 Å². The Morgan fingerprint density at radius 2 is 1.81 bits per heavy atom. The Hall–Kier alpha value is -0.610. The molecule has 0 aliphatic carbocycles. The molecule has 1 aliphatic rings. The molecule has 1 aromatic rings. The summed E-state index contributed by atoms with van der Waals surface area (Å²) >= 11 is 0. The Morgan fingerprint density at radius 3 is 2.43 bits per heavy atom. The molecule has 3 nitrogen and oxygen atoms in total. The van der Waals surface area contributed by atoms with E-state index in [1.165, 1.54) is 24.8 Å². The molecular formula is C17H27ClNO2-. The van der Waals surface area contributed by atoms with Crippen LogP contribution in [0.15, 0.2) is 30.3 Å². The van der Waals surface area contributed by atoms with Crippen LogP contribution in [0.3, 0.4) is 0 Å². The Bertz CT molecular complexity index is 368. The predicted molar refractivity (Wildman–Crippen MR) is 81.7 cm³/mol. The quantitative estimate of drug-likeness (QED) is 0.770. The summed E-state index contributed by atoms with van der Waals surface area (Å²) < 4.78 is 5.90. The van der Waals surface area contributed by atoms with Crippen LogP contribution in [0.25, 0.3) is 0 Å². The van der Waals surface area contributed by atoms with Gasteiger partial charge in [-0.2, -0.15) is 0 Å². The molecule has 0 bridgehead atoms. The van der Waals surface area contributed by atoms with E-state index in [0.29, 0.717) is 6.61 Å². The average Bonchev–Trinajstić information content (AvgIpc) is 2.50. The molecule has 1 aromatic carbocycles. The summed E-state index contributed by atoms with van der Waals surface area (Å²) in [5.74, 6) is 0. The van der Waals surface area contributed by atoms with Crippen molar-refractivity contribution >= 4 is 0 Å². The van der Waals surface area contributed by atoms with Gasteiger partial charge in [0.05, 0.1) is 18.8 Å². The number of benzene rings is 1. The van der Waals surface area contributed by atoms with E-state index in [1.807, 2.05) is 18.2 Å². The molecule has 0 spiro atoms. The van der Waals surface area contributed by atoms with Crippen molar-refractivity contribution < 1.29 is 22.3 Å². The molecule has 0 aromatic heterocycles. The highest BCUT2D eigenvalue weighted by Crippen LogP contribution is 2.20. The fourth-order valence-electron chi connectivity index (χ4n) is 2.84. The zero-order chi connectivity index (χ0) is 14.2. The first kappa shape index (κ1) is 18.4. The highest BCUT2D eigenvalue weighted by atomic mass is 35.5. The van der Waals surface area contributed by atoms with Crippen LogP contribution in [0.4, 0.5) is 0 Å². The van der Waals surface area contributed by atoms with Gasteiger partial charge in [0.1, 0.15) is 0 Å². The van der Waals surface area contributed by atoms with Crippen molar-refractivity contribution in [3.05, 3.63) is 35.9 Å². The molecule has 0 radical (unpaired) electrons. The Morgan fingerprint density at radius 1 is 1.14 bits per heavy atom. The second kappa shape index (κ2) is 10.2. The molecule has 4 heteroatoms. The number of aliphatic hydroxyl groups excluding tert-OH is 1. The number of rotatable bonds is 7. The third kappa shape index (κ3) is 6.35. The minimum Gasteiger partial charge on any atom is -1.00 e. The number of hydrogen-bond donors (Lipinski definition) is 1. The molecule has 2 unspecified atom stereocenters. The monoisotopic (exact) mass is 312 g/mol. The minimum atomic E-state index is -0.383. The van der Waals surface area contributed by atoms with Crippen LogP contribution in [0.2, 0.25) is 0 Å². The van der Waals surface area contributed by atoms with E-state index in [1.54, 1.807) is 0 Å². The largest absolute Gasteiger partial charge is 1.00 e.